The zero-order chi connectivity index (χ0) is 33.1. The predicted octanol–water partition coefficient (Wildman–Crippen LogP) is 5.11. The lowest BCUT2D eigenvalue weighted by molar-refractivity contribution is 0.0949. The summed E-state index contributed by atoms with van der Waals surface area (Å²) in [6, 6.07) is 14.3. The van der Waals surface area contributed by atoms with E-state index in [9.17, 15) is 9.59 Å². The van der Waals surface area contributed by atoms with Gasteiger partial charge >= 0.3 is 0 Å². The number of nitrogens with zero attached hydrogens (tertiary/aromatic N) is 5. The monoisotopic (exact) mass is 648 g/mol. The molecule has 1 N–H and O–H groups in total. The zero-order valence-electron chi connectivity index (χ0n) is 27.8. The number of anilines is 1. The summed E-state index contributed by atoms with van der Waals surface area (Å²) in [7, 11) is 5.96. The Morgan fingerprint density at radius 3 is 2.58 bits per heavy atom. The van der Waals surface area contributed by atoms with Crippen molar-refractivity contribution in [2.45, 2.75) is 50.6 Å². The highest BCUT2D eigenvalue weighted by Gasteiger charge is 2.34. The number of rotatable bonds is 7. The molecule has 4 heterocycles. The molecule has 0 radical (unpaired) electrons. The first-order valence-corrected chi connectivity index (χ1v) is 17.0. The van der Waals surface area contributed by atoms with Gasteiger partial charge in [0.1, 0.15) is 16.8 Å². The first-order valence-electron chi connectivity index (χ1n) is 17.0. The summed E-state index contributed by atoms with van der Waals surface area (Å²) in [6.07, 6.45) is 8.80. The maximum absolute atomic E-state index is 16.3. The van der Waals surface area contributed by atoms with Crippen LogP contribution in [0.3, 0.4) is 0 Å². The number of ether oxygens (including phenoxy) is 1. The van der Waals surface area contributed by atoms with Gasteiger partial charge in [-0.2, -0.15) is 0 Å². The summed E-state index contributed by atoms with van der Waals surface area (Å²) < 4.78 is 24.9. The summed E-state index contributed by atoms with van der Waals surface area (Å²) in [4.78, 5) is 38.5. The number of carbonyl (C=O) groups is 1. The quantitative estimate of drug-likeness (QED) is 0.191. The largest absolute Gasteiger partial charge is 0.451 e. The molecule has 48 heavy (non-hydrogen) atoms. The molecule has 1 aliphatic carbocycles. The van der Waals surface area contributed by atoms with E-state index in [1.807, 2.05) is 34.5 Å². The Hall–Kier alpha value is -4.70. The second-order valence-electron chi connectivity index (χ2n) is 13.9. The Morgan fingerprint density at radius 2 is 1.85 bits per heavy atom. The van der Waals surface area contributed by atoms with Crippen LogP contribution in [0.25, 0.3) is 16.6 Å². The van der Waals surface area contributed by atoms with Crippen LogP contribution < -0.4 is 20.4 Å². The number of pyridine rings is 1. The van der Waals surface area contributed by atoms with E-state index < -0.39 is 17.2 Å². The molecule has 2 unspecified atom stereocenters. The highest BCUT2D eigenvalue weighted by atomic mass is 19.1. The summed E-state index contributed by atoms with van der Waals surface area (Å²) in [5.41, 5.74) is 5.91. The highest BCUT2D eigenvalue weighted by Crippen LogP contribution is 2.48. The van der Waals surface area contributed by atoms with Crippen molar-refractivity contribution in [1.82, 2.24) is 19.7 Å². The van der Waals surface area contributed by atoms with Crippen LogP contribution >= 0.6 is 0 Å². The molecule has 248 valence electrons. The van der Waals surface area contributed by atoms with Crippen molar-refractivity contribution in [2.75, 3.05) is 52.2 Å². The first-order chi connectivity index (χ1) is 23.2. The van der Waals surface area contributed by atoms with E-state index in [2.05, 4.69) is 52.6 Å². The lowest BCUT2D eigenvalue weighted by Crippen LogP contribution is -2.34. The first kappa shape index (κ1) is 30.6. The molecule has 2 fully saturated rings. The fourth-order valence-electron chi connectivity index (χ4n) is 7.92. The van der Waals surface area contributed by atoms with E-state index in [0.717, 1.165) is 56.3 Å². The predicted molar refractivity (Wildman–Crippen MR) is 187 cm³/mol. The molecule has 8 rings (SSSR count). The molecule has 0 spiro atoms. The highest BCUT2D eigenvalue weighted by molar-refractivity contribution is 6.01. The third-order valence-electron chi connectivity index (χ3n) is 10.5. The van der Waals surface area contributed by atoms with Crippen molar-refractivity contribution in [2.24, 2.45) is 4.99 Å². The number of benzene rings is 3. The van der Waals surface area contributed by atoms with Gasteiger partial charge in [-0.3, -0.25) is 14.6 Å². The van der Waals surface area contributed by atoms with Gasteiger partial charge in [-0.25, -0.2) is 4.39 Å². The Morgan fingerprint density at radius 1 is 1.08 bits per heavy atom. The molecule has 1 amide bonds. The molecule has 3 aliphatic heterocycles. The number of aliphatic imine (C=N–C) groups is 1. The second kappa shape index (κ2) is 12.1. The zero-order valence-corrected chi connectivity index (χ0v) is 27.8. The van der Waals surface area contributed by atoms with Crippen LogP contribution in [0, 0.1) is 5.82 Å². The number of likely N-dealkylation sites (tertiary alicyclic amines) is 1. The summed E-state index contributed by atoms with van der Waals surface area (Å²) in [6.45, 7) is 2.64. The van der Waals surface area contributed by atoms with Gasteiger partial charge in [-0.1, -0.05) is 24.3 Å². The third-order valence-corrected chi connectivity index (χ3v) is 10.5. The van der Waals surface area contributed by atoms with Crippen LogP contribution in [0.1, 0.15) is 58.3 Å². The minimum atomic E-state index is -0.546. The number of halogens is 1. The van der Waals surface area contributed by atoms with E-state index in [4.69, 9.17) is 4.74 Å². The van der Waals surface area contributed by atoms with E-state index in [0.29, 0.717) is 48.4 Å². The molecule has 0 saturated carbocycles. The number of aromatic nitrogens is 1. The van der Waals surface area contributed by atoms with Crippen molar-refractivity contribution >= 4 is 28.8 Å². The van der Waals surface area contributed by atoms with Gasteiger partial charge in [0, 0.05) is 46.0 Å². The Bertz CT molecular complexity index is 2040. The van der Waals surface area contributed by atoms with Crippen molar-refractivity contribution in [3.05, 3.63) is 92.5 Å². The number of nitrogens with one attached hydrogen (secondary N) is 1. The second-order valence-corrected chi connectivity index (χ2v) is 13.9. The lowest BCUT2D eigenvalue weighted by Gasteiger charge is -2.31. The van der Waals surface area contributed by atoms with E-state index in [1.165, 1.54) is 22.8 Å². The van der Waals surface area contributed by atoms with Crippen molar-refractivity contribution in [3.8, 4) is 17.2 Å². The summed E-state index contributed by atoms with van der Waals surface area (Å²) in [5.74, 6) is -0.109. The topological polar surface area (TPSA) is 82.4 Å². The molecule has 4 aromatic rings. The molecule has 10 heteroatoms. The number of carbonyl (C=O) groups excluding carboxylic acids is 1. The van der Waals surface area contributed by atoms with Crippen molar-refractivity contribution in [3.63, 3.8) is 0 Å². The smallest absolute Gasteiger partial charge is 0.256 e. The van der Waals surface area contributed by atoms with Crippen LogP contribution in [0.5, 0.6) is 11.5 Å². The number of fused-ring (bicyclic) bond motifs is 4. The van der Waals surface area contributed by atoms with Gasteiger partial charge in [-0.05, 0) is 92.6 Å². The van der Waals surface area contributed by atoms with Crippen molar-refractivity contribution < 1.29 is 13.9 Å². The third kappa shape index (κ3) is 5.32. The SMILES string of the molecule is CN(C)/C=N/C1CCN(c2c(F)cc3c(=O)c(C(=O)NCCC4CCCN4C)cn4c3c2Oc2cc3c(cc2-4)Cc2ccccc2C3)C1. The molecule has 9 nitrogen and oxygen atoms in total. The fraction of sp³-hybridized carbons (Fsp3) is 0.395. The molecule has 2 saturated heterocycles. The number of amides is 1. The van der Waals surface area contributed by atoms with Crippen LogP contribution in [0.2, 0.25) is 0 Å². The normalized spacial score (nSPS) is 19.7. The summed E-state index contributed by atoms with van der Waals surface area (Å²) >= 11 is 0. The molecule has 4 aliphatic rings. The van der Waals surface area contributed by atoms with Gasteiger partial charge < -0.3 is 29.3 Å². The average Bonchev–Trinajstić information content (AvgIpc) is 3.71. The number of hydrogen-bond donors (Lipinski definition) is 1. The van der Waals surface area contributed by atoms with Gasteiger partial charge in [0.25, 0.3) is 5.91 Å². The van der Waals surface area contributed by atoms with Gasteiger partial charge in [0.05, 0.1) is 23.5 Å². The van der Waals surface area contributed by atoms with Crippen molar-refractivity contribution in [1.29, 1.82) is 0 Å². The lowest BCUT2D eigenvalue weighted by atomic mass is 9.85. The maximum Gasteiger partial charge on any atom is 0.256 e. The molecular formula is C38H41FN6O3. The average molecular weight is 649 g/mol. The minimum Gasteiger partial charge on any atom is -0.451 e. The Kier molecular flexibility index (Phi) is 7.70. The van der Waals surface area contributed by atoms with Crippen LogP contribution in [0.15, 0.2) is 58.4 Å². The summed E-state index contributed by atoms with van der Waals surface area (Å²) in [5, 5.41) is 3.12. The molecule has 0 bridgehead atoms. The maximum atomic E-state index is 16.3. The fourth-order valence-corrected chi connectivity index (χ4v) is 7.92. The van der Waals surface area contributed by atoms with E-state index >= 15 is 4.39 Å². The molecule has 2 atom stereocenters. The number of hydrogen-bond acceptors (Lipinski definition) is 6. The van der Waals surface area contributed by atoms with Crippen LogP contribution in [0.4, 0.5) is 10.1 Å². The molecular weight excluding hydrogens is 607 g/mol. The van der Waals surface area contributed by atoms with Crippen LogP contribution in [-0.2, 0) is 12.8 Å². The molecule has 1 aromatic heterocycles. The van der Waals surface area contributed by atoms with E-state index in [-0.39, 0.29) is 17.0 Å². The Balaban J connectivity index is 1.23. The van der Waals surface area contributed by atoms with Gasteiger partial charge in [-0.15, -0.1) is 0 Å². The minimum absolute atomic E-state index is 0.00412. The molecule has 3 aromatic carbocycles. The van der Waals surface area contributed by atoms with Gasteiger partial charge in [0.15, 0.2) is 17.3 Å². The Labute approximate surface area is 279 Å². The van der Waals surface area contributed by atoms with E-state index in [1.54, 1.807) is 12.5 Å². The van der Waals surface area contributed by atoms with Gasteiger partial charge in [0.2, 0.25) is 5.43 Å². The standard InChI is InChI=1S/C38H41FN6O3/c1-42(2)22-41-27-11-14-44(20-27)35-31(39)19-29-34-37(35)48-33-18-26-16-24-8-5-4-7-23(24)15-25(26)17-32(33)45(34)21-30(36(29)46)38(47)40-12-10-28-9-6-13-43(28)3/h4-5,7-8,17-19,21-22,27-28H,6,9-16,20H2,1-3H3,(H,40,47)/b41-22+. The van der Waals surface area contributed by atoms with Crippen LogP contribution in [-0.4, -0.2) is 86.0 Å².